The van der Waals surface area contributed by atoms with Gasteiger partial charge in [0, 0.05) is 12.6 Å². The van der Waals surface area contributed by atoms with E-state index in [0.717, 1.165) is 18.7 Å². The summed E-state index contributed by atoms with van der Waals surface area (Å²) in [6.45, 7) is 4.24. The molecule has 1 aliphatic rings. The Hall–Kier alpha value is -1.35. The molecule has 0 unspecified atom stereocenters. The zero-order valence-corrected chi connectivity index (χ0v) is 10.9. The summed E-state index contributed by atoms with van der Waals surface area (Å²) in [6.07, 6.45) is 5.03. The molecule has 1 atom stereocenters. The van der Waals surface area contributed by atoms with Crippen LogP contribution in [0.15, 0.2) is 24.3 Å². The molecule has 1 heterocycles. The molecule has 0 radical (unpaired) electrons. The maximum absolute atomic E-state index is 11.0. The highest BCUT2D eigenvalue weighted by Gasteiger charge is 2.20. The summed E-state index contributed by atoms with van der Waals surface area (Å²) in [6, 6.07) is 7.97. The Morgan fingerprint density at radius 2 is 2.28 bits per heavy atom. The molecule has 2 rings (SSSR count). The minimum atomic E-state index is -0.845. The first-order valence-electron chi connectivity index (χ1n) is 6.77. The van der Waals surface area contributed by atoms with Crippen molar-refractivity contribution >= 4 is 5.97 Å². The molecule has 1 aliphatic heterocycles. The standard InChI is InChI=1S/C15H21NO2/c1-2-14-8-3-4-9-16(14)11-12-6-5-7-13(10-12)15(17)18/h5-7,10,14H,2-4,8-9,11H2,1H3,(H,17,18)/t14-/m0/s1. The first kappa shape index (κ1) is 13.1. The number of likely N-dealkylation sites (tertiary alicyclic amines) is 1. The van der Waals surface area contributed by atoms with Gasteiger partial charge in [-0.2, -0.15) is 0 Å². The van der Waals surface area contributed by atoms with Crippen molar-refractivity contribution in [3.63, 3.8) is 0 Å². The van der Waals surface area contributed by atoms with Gasteiger partial charge in [0.05, 0.1) is 5.56 Å². The molecular formula is C15H21NO2. The molecule has 0 aromatic heterocycles. The Kier molecular flexibility index (Phi) is 4.37. The van der Waals surface area contributed by atoms with Crippen molar-refractivity contribution in [1.82, 2.24) is 4.90 Å². The fourth-order valence-corrected chi connectivity index (χ4v) is 2.77. The van der Waals surface area contributed by atoms with Crippen molar-refractivity contribution in [3.8, 4) is 0 Å². The topological polar surface area (TPSA) is 40.5 Å². The zero-order chi connectivity index (χ0) is 13.0. The van der Waals surface area contributed by atoms with E-state index >= 15 is 0 Å². The number of piperidine rings is 1. The first-order chi connectivity index (χ1) is 8.70. The normalized spacial score (nSPS) is 20.8. The van der Waals surface area contributed by atoms with Crippen LogP contribution in [0, 0.1) is 0 Å². The van der Waals surface area contributed by atoms with Crippen LogP contribution in [-0.2, 0) is 6.54 Å². The molecule has 0 saturated carbocycles. The largest absolute Gasteiger partial charge is 0.478 e. The maximum Gasteiger partial charge on any atom is 0.335 e. The van der Waals surface area contributed by atoms with Gasteiger partial charge in [-0.05, 0) is 43.5 Å². The van der Waals surface area contributed by atoms with E-state index in [1.165, 1.54) is 25.7 Å². The van der Waals surface area contributed by atoms with E-state index in [1.54, 1.807) is 12.1 Å². The lowest BCUT2D eigenvalue weighted by Crippen LogP contribution is -2.38. The summed E-state index contributed by atoms with van der Waals surface area (Å²) in [5.74, 6) is -0.845. The van der Waals surface area contributed by atoms with E-state index in [4.69, 9.17) is 5.11 Å². The summed E-state index contributed by atoms with van der Waals surface area (Å²) in [7, 11) is 0. The Morgan fingerprint density at radius 3 is 3.00 bits per heavy atom. The van der Waals surface area contributed by atoms with Crippen molar-refractivity contribution in [3.05, 3.63) is 35.4 Å². The van der Waals surface area contributed by atoms with Crippen LogP contribution < -0.4 is 0 Å². The summed E-state index contributed by atoms with van der Waals surface area (Å²) in [4.78, 5) is 13.4. The zero-order valence-electron chi connectivity index (χ0n) is 10.9. The van der Waals surface area contributed by atoms with E-state index in [1.807, 2.05) is 12.1 Å². The predicted octanol–water partition coefficient (Wildman–Crippen LogP) is 3.15. The Morgan fingerprint density at radius 1 is 1.44 bits per heavy atom. The van der Waals surface area contributed by atoms with Gasteiger partial charge >= 0.3 is 5.97 Å². The molecule has 18 heavy (non-hydrogen) atoms. The number of carboxylic acid groups (broad SMARTS) is 1. The van der Waals surface area contributed by atoms with Crippen molar-refractivity contribution < 1.29 is 9.90 Å². The van der Waals surface area contributed by atoms with Crippen molar-refractivity contribution in [2.75, 3.05) is 6.54 Å². The summed E-state index contributed by atoms with van der Waals surface area (Å²) < 4.78 is 0. The lowest BCUT2D eigenvalue weighted by molar-refractivity contribution is 0.0696. The van der Waals surface area contributed by atoms with Crippen LogP contribution in [-0.4, -0.2) is 28.6 Å². The third kappa shape index (κ3) is 3.10. The quantitative estimate of drug-likeness (QED) is 0.888. The minimum Gasteiger partial charge on any atom is -0.478 e. The second kappa shape index (κ2) is 6.01. The Labute approximate surface area is 108 Å². The van der Waals surface area contributed by atoms with Gasteiger partial charge in [-0.1, -0.05) is 25.5 Å². The molecule has 0 bridgehead atoms. The maximum atomic E-state index is 11.0. The number of aromatic carboxylic acids is 1. The van der Waals surface area contributed by atoms with E-state index < -0.39 is 5.97 Å². The Balaban J connectivity index is 2.07. The van der Waals surface area contributed by atoms with E-state index in [9.17, 15) is 4.79 Å². The molecule has 0 aliphatic carbocycles. The molecule has 0 amide bonds. The molecule has 1 aromatic rings. The van der Waals surface area contributed by atoms with Crippen LogP contribution in [0.3, 0.4) is 0 Å². The van der Waals surface area contributed by atoms with Gasteiger partial charge in [-0.25, -0.2) is 4.79 Å². The minimum absolute atomic E-state index is 0.387. The van der Waals surface area contributed by atoms with Crippen LogP contribution in [0.25, 0.3) is 0 Å². The van der Waals surface area contributed by atoms with Crippen molar-refractivity contribution in [1.29, 1.82) is 0 Å². The lowest BCUT2D eigenvalue weighted by Gasteiger charge is -2.35. The lowest BCUT2D eigenvalue weighted by atomic mass is 9.99. The van der Waals surface area contributed by atoms with Gasteiger partial charge in [-0.15, -0.1) is 0 Å². The fourth-order valence-electron chi connectivity index (χ4n) is 2.77. The van der Waals surface area contributed by atoms with Crippen LogP contribution in [0.5, 0.6) is 0 Å². The molecule has 1 fully saturated rings. The molecule has 1 N–H and O–H groups in total. The van der Waals surface area contributed by atoms with Gasteiger partial charge in [-0.3, -0.25) is 4.90 Å². The molecule has 3 heteroatoms. The van der Waals surface area contributed by atoms with Crippen LogP contribution in [0.2, 0.25) is 0 Å². The number of hydrogen-bond acceptors (Lipinski definition) is 2. The average molecular weight is 247 g/mol. The highest BCUT2D eigenvalue weighted by atomic mass is 16.4. The molecular weight excluding hydrogens is 226 g/mol. The van der Waals surface area contributed by atoms with E-state index in [0.29, 0.717) is 11.6 Å². The third-order valence-electron chi connectivity index (χ3n) is 3.78. The number of benzene rings is 1. The van der Waals surface area contributed by atoms with Gasteiger partial charge in [0.25, 0.3) is 0 Å². The molecule has 1 saturated heterocycles. The molecule has 0 spiro atoms. The third-order valence-corrected chi connectivity index (χ3v) is 3.78. The fraction of sp³-hybridized carbons (Fsp3) is 0.533. The first-order valence-corrected chi connectivity index (χ1v) is 6.77. The second-order valence-electron chi connectivity index (χ2n) is 5.03. The van der Waals surface area contributed by atoms with Crippen LogP contribution >= 0.6 is 0 Å². The van der Waals surface area contributed by atoms with Crippen LogP contribution in [0.4, 0.5) is 0 Å². The monoisotopic (exact) mass is 247 g/mol. The summed E-state index contributed by atoms with van der Waals surface area (Å²) in [5, 5.41) is 9.00. The van der Waals surface area contributed by atoms with E-state index in [2.05, 4.69) is 11.8 Å². The van der Waals surface area contributed by atoms with E-state index in [-0.39, 0.29) is 0 Å². The number of hydrogen-bond donors (Lipinski definition) is 1. The SMILES string of the molecule is CC[C@H]1CCCCN1Cc1cccc(C(=O)O)c1. The van der Waals surface area contributed by atoms with Gasteiger partial charge < -0.3 is 5.11 Å². The predicted molar refractivity (Wildman–Crippen MR) is 71.7 cm³/mol. The summed E-state index contributed by atoms with van der Waals surface area (Å²) in [5.41, 5.74) is 1.49. The highest BCUT2D eigenvalue weighted by molar-refractivity contribution is 5.87. The molecule has 3 nitrogen and oxygen atoms in total. The number of rotatable bonds is 4. The molecule has 98 valence electrons. The van der Waals surface area contributed by atoms with Gasteiger partial charge in [0.2, 0.25) is 0 Å². The average Bonchev–Trinajstić information content (AvgIpc) is 2.39. The molecule has 1 aromatic carbocycles. The number of carbonyl (C=O) groups is 1. The second-order valence-corrected chi connectivity index (χ2v) is 5.03. The smallest absolute Gasteiger partial charge is 0.335 e. The van der Waals surface area contributed by atoms with Crippen LogP contribution in [0.1, 0.15) is 48.5 Å². The van der Waals surface area contributed by atoms with Gasteiger partial charge in [0.1, 0.15) is 0 Å². The Bertz CT molecular complexity index is 417. The van der Waals surface area contributed by atoms with Crippen molar-refractivity contribution in [2.45, 2.75) is 45.2 Å². The highest BCUT2D eigenvalue weighted by Crippen LogP contribution is 2.21. The van der Waals surface area contributed by atoms with Gasteiger partial charge in [0.15, 0.2) is 0 Å². The van der Waals surface area contributed by atoms with Crippen molar-refractivity contribution in [2.24, 2.45) is 0 Å². The number of nitrogens with zero attached hydrogens (tertiary/aromatic N) is 1. The summed E-state index contributed by atoms with van der Waals surface area (Å²) >= 11 is 0. The number of carboxylic acids is 1.